The molecule has 1 aromatic carbocycles. The number of nitrogens with one attached hydrogen (secondary N) is 6. The number of aryl methyl sites for hydroxylation is 2. The average Bonchev–Trinajstić information content (AvgIpc) is 4.09. The van der Waals surface area contributed by atoms with Gasteiger partial charge in [0.2, 0.25) is 0 Å². The maximum Gasteiger partial charge on any atom is 0.341 e. The normalized spacial score (nSPS) is 13.2. The minimum absolute atomic E-state index is 0.00451. The Labute approximate surface area is 365 Å². The van der Waals surface area contributed by atoms with Gasteiger partial charge < -0.3 is 46.6 Å². The molecular formula is C41H47N17O6. The highest BCUT2D eigenvalue weighted by atomic mass is 16.5. The van der Waals surface area contributed by atoms with Crippen LogP contribution < -0.4 is 41.5 Å². The molecule has 0 atom stereocenters. The van der Waals surface area contributed by atoms with Gasteiger partial charge in [-0.25, -0.2) is 23.8 Å². The lowest BCUT2D eigenvalue weighted by Gasteiger charge is -2.21. The van der Waals surface area contributed by atoms with Crippen molar-refractivity contribution < 1.29 is 29.0 Å². The van der Waals surface area contributed by atoms with Gasteiger partial charge in [-0.3, -0.25) is 23.7 Å². The lowest BCUT2D eigenvalue weighted by Crippen LogP contribution is -2.27. The fourth-order valence-corrected chi connectivity index (χ4v) is 6.74. The molecule has 6 heterocycles. The molecule has 2 saturated carbocycles. The van der Waals surface area contributed by atoms with Crippen LogP contribution in [0, 0.1) is 0 Å². The summed E-state index contributed by atoms with van der Waals surface area (Å²) in [6, 6.07) is 11.6. The number of benzene rings is 1. The van der Waals surface area contributed by atoms with Crippen molar-refractivity contribution in [2.45, 2.75) is 44.3 Å². The standard InChI is InChI=1S/C24H26N8O4.C17H21N9O2/c1-30(12-14-4-8-16(36-3)9-5-14)18-10-20(27-21-17(24(34)35)13-31(2)29-21)28-32-19(11-25-22(18)32)23(33)26-15-6-7-15;1-18-11-6-13(22-14-10(16(27)19-2)8-25(3)24-14)23-26-12(7-20-15(11)26)17(28)21-9-4-5-9/h4-5,8-11,13,15H,6-7,12H2,1-3H3,(H,26,33)(H,34,35)(H,27,28,29);6-9,18H,4-5H2,1-3H3,(H,19,27)(H,21,28)(H,22,23,24). The van der Waals surface area contributed by atoms with Crippen LogP contribution in [0.2, 0.25) is 0 Å². The fraction of sp³-hybridized carbons (Fsp3) is 0.317. The van der Waals surface area contributed by atoms with Crippen molar-refractivity contribution in [3.05, 3.63) is 89.3 Å². The van der Waals surface area contributed by atoms with Crippen molar-refractivity contribution in [1.29, 1.82) is 0 Å². The number of ether oxygens (including phenoxy) is 1. The quantitative estimate of drug-likeness (QED) is 0.0781. The zero-order valence-electron chi connectivity index (χ0n) is 35.9. The number of amides is 3. The van der Waals surface area contributed by atoms with E-state index in [-0.39, 0.29) is 41.2 Å². The molecule has 6 aromatic heterocycles. The van der Waals surface area contributed by atoms with E-state index in [2.05, 4.69) is 62.3 Å². The Morgan fingerprint density at radius 2 is 1.28 bits per heavy atom. The number of nitrogens with zero attached hydrogens (tertiary/aromatic N) is 11. The number of carbonyl (C=O) groups excluding carboxylic acids is 3. The molecule has 2 aliphatic rings. The van der Waals surface area contributed by atoms with E-state index < -0.39 is 5.97 Å². The smallest absolute Gasteiger partial charge is 0.341 e. The van der Waals surface area contributed by atoms with Crippen molar-refractivity contribution in [3.63, 3.8) is 0 Å². The first-order chi connectivity index (χ1) is 30.8. The summed E-state index contributed by atoms with van der Waals surface area (Å²) < 4.78 is 11.1. The van der Waals surface area contributed by atoms with Crippen LogP contribution in [0.3, 0.4) is 0 Å². The van der Waals surface area contributed by atoms with Gasteiger partial charge >= 0.3 is 5.97 Å². The number of fused-ring (bicyclic) bond motifs is 2. The van der Waals surface area contributed by atoms with Crippen LogP contribution in [-0.4, -0.2) is 118 Å². The van der Waals surface area contributed by atoms with Crippen LogP contribution in [0.15, 0.2) is 61.2 Å². The monoisotopic (exact) mass is 873 g/mol. The van der Waals surface area contributed by atoms with E-state index >= 15 is 0 Å². The Morgan fingerprint density at radius 3 is 1.81 bits per heavy atom. The minimum Gasteiger partial charge on any atom is -0.497 e. The predicted molar refractivity (Wildman–Crippen MR) is 235 cm³/mol. The molecule has 23 nitrogen and oxygen atoms in total. The summed E-state index contributed by atoms with van der Waals surface area (Å²) in [6.07, 6.45) is 9.92. The number of aromatic nitrogens is 10. The van der Waals surface area contributed by atoms with Gasteiger partial charge in [0.1, 0.15) is 16.9 Å². The molecule has 3 amide bonds. The van der Waals surface area contributed by atoms with Gasteiger partial charge in [-0.15, -0.1) is 10.2 Å². The van der Waals surface area contributed by atoms with Crippen molar-refractivity contribution in [2.24, 2.45) is 14.1 Å². The van der Waals surface area contributed by atoms with E-state index in [1.807, 2.05) is 36.2 Å². The highest BCUT2D eigenvalue weighted by Gasteiger charge is 2.28. The number of carboxylic acid groups (broad SMARTS) is 1. The van der Waals surface area contributed by atoms with E-state index in [4.69, 9.17) is 4.74 Å². The molecule has 2 aliphatic carbocycles. The van der Waals surface area contributed by atoms with Crippen LogP contribution >= 0.6 is 0 Å². The van der Waals surface area contributed by atoms with Crippen molar-refractivity contribution in [3.8, 4) is 5.75 Å². The Balaban J connectivity index is 0.000000181. The molecule has 0 aliphatic heterocycles. The van der Waals surface area contributed by atoms with E-state index in [0.29, 0.717) is 63.6 Å². The first kappa shape index (κ1) is 42.5. The zero-order chi connectivity index (χ0) is 45.2. The molecule has 23 heteroatoms. The van der Waals surface area contributed by atoms with Crippen molar-refractivity contribution in [1.82, 2.24) is 64.7 Å². The summed E-state index contributed by atoms with van der Waals surface area (Å²) in [5.41, 5.74) is 4.47. The third-order valence-electron chi connectivity index (χ3n) is 10.3. The molecule has 0 saturated heterocycles. The lowest BCUT2D eigenvalue weighted by molar-refractivity contribution is 0.0697. The zero-order valence-corrected chi connectivity index (χ0v) is 35.9. The van der Waals surface area contributed by atoms with Crippen LogP contribution in [0.5, 0.6) is 5.75 Å². The molecule has 2 fully saturated rings. The van der Waals surface area contributed by atoms with E-state index in [1.165, 1.54) is 37.0 Å². The average molecular weight is 874 g/mol. The van der Waals surface area contributed by atoms with Gasteiger partial charge in [-0.2, -0.15) is 10.2 Å². The highest BCUT2D eigenvalue weighted by molar-refractivity contribution is 5.99. The van der Waals surface area contributed by atoms with Crippen LogP contribution in [0.4, 0.5) is 34.6 Å². The molecule has 0 unspecified atom stereocenters. The van der Waals surface area contributed by atoms with Gasteiger partial charge in [0.15, 0.2) is 46.0 Å². The Bertz CT molecular complexity index is 2890. The Kier molecular flexibility index (Phi) is 11.7. The second-order valence-electron chi connectivity index (χ2n) is 15.3. The van der Waals surface area contributed by atoms with Crippen molar-refractivity contribution >= 4 is 69.6 Å². The number of aromatic carboxylic acids is 1. The van der Waals surface area contributed by atoms with E-state index in [9.17, 15) is 24.3 Å². The number of hydrogen-bond donors (Lipinski definition) is 7. The van der Waals surface area contributed by atoms with Crippen LogP contribution in [0.1, 0.15) is 72.9 Å². The lowest BCUT2D eigenvalue weighted by atomic mass is 10.2. The van der Waals surface area contributed by atoms with Crippen LogP contribution in [0.25, 0.3) is 11.3 Å². The first-order valence-corrected chi connectivity index (χ1v) is 20.3. The van der Waals surface area contributed by atoms with Gasteiger partial charge in [-0.05, 0) is 43.4 Å². The molecular weight excluding hydrogens is 827 g/mol. The second-order valence-corrected chi connectivity index (χ2v) is 15.3. The molecule has 9 rings (SSSR count). The summed E-state index contributed by atoms with van der Waals surface area (Å²) in [5, 5.41) is 44.7. The number of rotatable bonds is 15. The molecule has 7 aromatic rings. The highest BCUT2D eigenvalue weighted by Crippen LogP contribution is 2.29. The fourth-order valence-electron chi connectivity index (χ4n) is 6.74. The number of methoxy groups -OCH3 is 1. The van der Waals surface area contributed by atoms with Gasteiger partial charge in [0.05, 0.1) is 30.9 Å². The number of anilines is 6. The molecule has 7 N–H and O–H groups in total. The molecule has 0 bridgehead atoms. The summed E-state index contributed by atoms with van der Waals surface area (Å²) in [4.78, 5) is 59.9. The third kappa shape index (κ3) is 9.17. The maximum atomic E-state index is 12.9. The molecule has 332 valence electrons. The minimum atomic E-state index is -1.12. The predicted octanol–water partition coefficient (Wildman–Crippen LogP) is 2.94. The number of hydrogen-bond acceptors (Lipinski definition) is 15. The largest absolute Gasteiger partial charge is 0.497 e. The van der Waals surface area contributed by atoms with E-state index in [0.717, 1.165) is 37.0 Å². The molecule has 64 heavy (non-hydrogen) atoms. The summed E-state index contributed by atoms with van der Waals surface area (Å²) in [5.74, 6) is 0.146. The molecule has 0 spiro atoms. The van der Waals surface area contributed by atoms with Gasteiger partial charge in [0, 0.05) is 78.4 Å². The summed E-state index contributed by atoms with van der Waals surface area (Å²) in [7, 11) is 10.2. The SMILES string of the molecule is CNC(=O)c1cn(C)nc1Nc1cc(NC)c2ncc(C(=O)NC3CC3)n2n1.COc1ccc(CN(C)c2cc(Nc3nn(C)cc3C(=O)O)nn3c(C(=O)NC4CC4)cnc23)cc1. The Morgan fingerprint density at radius 1 is 0.750 bits per heavy atom. The van der Waals surface area contributed by atoms with E-state index in [1.54, 1.807) is 53.6 Å². The summed E-state index contributed by atoms with van der Waals surface area (Å²) in [6.45, 7) is 0.545. The second kappa shape index (κ2) is 17.6. The number of imidazole rings is 2. The van der Waals surface area contributed by atoms with Gasteiger partial charge in [0.25, 0.3) is 17.7 Å². The first-order valence-electron chi connectivity index (χ1n) is 20.3. The van der Waals surface area contributed by atoms with Crippen LogP contribution in [-0.2, 0) is 20.6 Å². The third-order valence-corrected chi connectivity index (χ3v) is 10.3. The van der Waals surface area contributed by atoms with Crippen molar-refractivity contribution in [2.75, 3.05) is 49.1 Å². The Hall–Kier alpha value is -8.24. The van der Waals surface area contributed by atoms with Gasteiger partial charge in [-0.1, -0.05) is 12.1 Å². The maximum absolute atomic E-state index is 12.9. The topological polar surface area (TPSA) is 269 Å². The number of carboxylic acids is 1. The summed E-state index contributed by atoms with van der Waals surface area (Å²) >= 11 is 0. The molecule has 0 radical (unpaired) electrons. The number of carbonyl (C=O) groups is 4.